The van der Waals surface area contributed by atoms with Crippen molar-refractivity contribution in [2.45, 2.75) is 26.8 Å². The Morgan fingerprint density at radius 2 is 2.07 bits per heavy atom. The Morgan fingerprint density at radius 3 is 2.43 bits per heavy atom. The van der Waals surface area contributed by atoms with Crippen LogP contribution in [0.4, 0.5) is 5.82 Å². The molecule has 0 aliphatic rings. The molecule has 0 atom stereocenters. The third-order valence-electron chi connectivity index (χ3n) is 1.72. The second kappa shape index (κ2) is 4.37. The van der Waals surface area contributed by atoms with Gasteiger partial charge in [0, 0.05) is 13.0 Å². The molecule has 76 valence electrons. The van der Waals surface area contributed by atoms with E-state index in [1.165, 1.54) is 6.92 Å². The Morgan fingerprint density at radius 1 is 1.43 bits per heavy atom. The molecule has 0 aromatic carbocycles. The van der Waals surface area contributed by atoms with Crippen molar-refractivity contribution in [2.75, 3.05) is 4.90 Å². The molecule has 0 saturated carbocycles. The number of anilines is 1. The van der Waals surface area contributed by atoms with Gasteiger partial charge in [0.2, 0.25) is 5.91 Å². The fraction of sp³-hybridized carbons (Fsp3) is 0.444. The summed E-state index contributed by atoms with van der Waals surface area (Å²) in [5.74, 6) is 0.466. The summed E-state index contributed by atoms with van der Waals surface area (Å²) in [6, 6.07) is 3.35. The third kappa shape index (κ3) is 2.42. The minimum Gasteiger partial charge on any atom is -0.293 e. The van der Waals surface area contributed by atoms with E-state index in [0.717, 1.165) is 0 Å². The molecule has 0 saturated heterocycles. The number of carbonyl (C=O) groups is 1. The van der Waals surface area contributed by atoms with E-state index >= 15 is 0 Å². The van der Waals surface area contributed by atoms with Crippen LogP contribution in [0.1, 0.15) is 20.8 Å². The van der Waals surface area contributed by atoms with Gasteiger partial charge in [-0.2, -0.15) is 0 Å². The van der Waals surface area contributed by atoms with Crippen LogP contribution in [0.3, 0.4) is 0 Å². The van der Waals surface area contributed by atoms with Crippen LogP contribution in [0.2, 0.25) is 5.15 Å². The lowest BCUT2D eigenvalue weighted by molar-refractivity contribution is -0.116. The van der Waals surface area contributed by atoms with E-state index in [1.54, 1.807) is 17.0 Å². The van der Waals surface area contributed by atoms with Crippen molar-refractivity contribution in [1.29, 1.82) is 0 Å². The molecule has 1 rings (SSSR count). The topological polar surface area (TPSA) is 46.1 Å². The molecule has 0 unspecified atom stereocenters. The first kappa shape index (κ1) is 10.9. The molecule has 1 aromatic heterocycles. The smallest absolute Gasteiger partial charge is 0.225 e. The zero-order chi connectivity index (χ0) is 10.7. The Bertz CT molecular complexity index is 323. The van der Waals surface area contributed by atoms with Crippen LogP contribution in [0.5, 0.6) is 0 Å². The molecule has 4 nitrogen and oxygen atoms in total. The zero-order valence-electron chi connectivity index (χ0n) is 8.36. The molecule has 0 spiro atoms. The van der Waals surface area contributed by atoms with E-state index in [2.05, 4.69) is 10.2 Å². The predicted molar refractivity (Wildman–Crippen MR) is 55.3 cm³/mol. The summed E-state index contributed by atoms with van der Waals surface area (Å²) in [4.78, 5) is 12.9. The summed E-state index contributed by atoms with van der Waals surface area (Å²) in [7, 11) is 0. The van der Waals surface area contributed by atoms with Crippen molar-refractivity contribution in [2.24, 2.45) is 0 Å². The fourth-order valence-corrected chi connectivity index (χ4v) is 1.33. The number of halogens is 1. The first-order valence-electron chi connectivity index (χ1n) is 4.31. The van der Waals surface area contributed by atoms with Crippen LogP contribution in [0.15, 0.2) is 12.1 Å². The van der Waals surface area contributed by atoms with E-state index < -0.39 is 0 Å². The van der Waals surface area contributed by atoms with Gasteiger partial charge in [0.15, 0.2) is 11.0 Å². The molecule has 14 heavy (non-hydrogen) atoms. The highest BCUT2D eigenvalue weighted by atomic mass is 35.5. The van der Waals surface area contributed by atoms with Crippen LogP contribution in [-0.4, -0.2) is 22.1 Å². The van der Waals surface area contributed by atoms with E-state index in [9.17, 15) is 4.79 Å². The van der Waals surface area contributed by atoms with Crippen LogP contribution < -0.4 is 4.90 Å². The van der Waals surface area contributed by atoms with Gasteiger partial charge in [-0.25, -0.2) is 0 Å². The fourth-order valence-electron chi connectivity index (χ4n) is 1.23. The summed E-state index contributed by atoms with van der Waals surface area (Å²) in [5.41, 5.74) is 0. The first-order chi connectivity index (χ1) is 6.52. The minimum atomic E-state index is -0.0587. The molecule has 0 aliphatic carbocycles. The molecule has 1 amide bonds. The van der Waals surface area contributed by atoms with Crippen molar-refractivity contribution in [3.8, 4) is 0 Å². The van der Waals surface area contributed by atoms with Crippen LogP contribution in [-0.2, 0) is 4.79 Å². The summed E-state index contributed by atoms with van der Waals surface area (Å²) < 4.78 is 0. The van der Waals surface area contributed by atoms with E-state index in [4.69, 9.17) is 11.6 Å². The molecule has 1 aromatic rings. The van der Waals surface area contributed by atoms with Crippen molar-refractivity contribution < 1.29 is 4.79 Å². The number of aromatic nitrogens is 2. The normalized spacial score (nSPS) is 10.4. The lowest BCUT2D eigenvalue weighted by Crippen LogP contribution is -2.35. The molecule has 5 heteroatoms. The zero-order valence-corrected chi connectivity index (χ0v) is 9.12. The van der Waals surface area contributed by atoms with Crippen LogP contribution >= 0.6 is 11.6 Å². The van der Waals surface area contributed by atoms with Crippen LogP contribution in [0.25, 0.3) is 0 Å². The Hall–Kier alpha value is -1.16. The number of hydrogen-bond acceptors (Lipinski definition) is 3. The average Bonchev–Trinajstić information content (AvgIpc) is 2.07. The molecule has 0 fully saturated rings. The van der Waals surface area contributed by atoms with Gasteiger partial charge < -0.3 is 0 Å². The summed E-state index contributed by atoms with van der Waals surface area (Å²) in [6.07, 6.45) is 0. The Kier molecular flexibility index (Phi) is 3.41. The van der Waals surface area contributed by atoms with Crippen molar-refractivity contribution in [3.05, 3.63) is 17.3 Å². The monoisotopic (exact) mass is 213 g/mol. The number of hydrogen-bond donors (Lipinski definition) is 0. The second-order valence-corrected chi connectivity index (χ2v) is 3.58. The molecule has 0 bridgehead atoms. The summed E-state index contributed by atoms with van der Waals surface area (Å²) in [5, 5.41) is 7.85. The van der Waals surface area contributed by atoms with Gasteiger partial charge in [-0.1, -0.05) is 11.6 Å². The average molecular weight is 214 g/mol. The highest BCUT2D eigenvalue weighted by Crippen LogP contribution is 2.14. The maximum atomic E-state index is 11.3. The molecular formula is C9H12ClN3O. The van der Waals surface area contributed by atoms with Gasteiger partial charge >= 0.3 is 0 Å². The Labute approximate surface area is 87.9 Å². The molecule has 0 N–H and O–H groups in total. The van der Waals surface area contributed by atoms with E-state index in [0.29, 0.717) is 11.0 Å². The Balaban J connectivity index is 3.00. The van der Waals surface area contributed by atoms with E-state index in [1.807, 2.05) is 13.8 Å². The van der Waals surface area contributed by atoms with Crippen molar-refractivity contribution in [1.82, 2.24) is 10.2 Å². The predicted octanol–water partition coefficient (Wildman–Crippen LogP) is 1.89. The number of amides is 1. The van der Waals surface area contributed by atoms with Gasteiger partial charge in [0.05, 0.1) is 0 Å². The molecule has 0 radical (unpaired) electrons. The van der Waals surface area contributed by atoms with Crippen molar-refractivity contribution >= 4 is 23.3 Å². The first-order valence-corrected chi connectivity index (χ1v) is 4.69. The largest absolute Gasteiger partial charge is 0.293 e. The number of nitrogens with zero attached hydrogens (tertiary/aromatic N) is 3. The summed E-state index contributed by atoms with van der Waals surface area (Å²) in [6.45, 7) is 5.33. The number of carbonyl (C=O) groups excluding carboxylic acids is 1. The summed E-state index contributed by atoms with van der Waals surface area (Å²) >= 11 is 5.60. The second-order valence-electron chi connectivity index (χ2n) is 3.20. The van der Waals surface area contributed by atoms with Gasteiger partial charge in [0.1, 0.15) is 0 Å². The van der Waals surface area contributed by atoms with Gasteiger partial charge in [-0.05, 0) is 26.0 Å². The highest BCUT2D eigenvalue weighted by Gasteiger charge is 2.16. The lowest BCUT2D eigenvalue weighted by Gasteiger charge is -2.23. The highest BCUT2D eigenvalue weighted by molar-refractivity contribution is 6.29. The van der Waals surface area contributed by atoms with E-state index in [-0.39, 0.29) is 11.9 Å². The standard InChI is InChI=1S/C9H12ClN3O/c1-6(2)13(7(3)14)9-5-4-8(10)11-12-9/h4-6H,1-3H3. The maximum Gasteiger partial charge on any atom is 0.225 e. The third-order valence-corrected chi connectivity index (χ3v) is 1.92. The molecule has 1 heterocycles. The molecular weight excluding hydrogens is 202 g/mol. The van der Waals surface area contributed by atoms with Gasteiger partial charge in [0.25, 0.3) is 0 Å². The molecule has 0 aliphatic heterocycles. The minimum absolute atomic E-state index is 0.0583. The van der Waals surface area contributed by atoms with Crippen molar-refractivity contribution in [3.63, 3.8) is 0 Å². The quantitative estimate of drug-likeness (QED) is 0.754. The van der Waals surface area contributed by atoms with Crippen LogP contribution in [0, 0.1) is 0 Å². The SMILES string of the molecule is CC(=O)N(c1ccc(Cl)nn1)C(C)C. The lowest BCUT2D eigenvalue weighted by atomic mass is 10.3. The van der Waals surface area contributed by atoms with Gasteiger partial charge in [-0.3, -0.25) is 9.69 Å². The maximum absolute atomic E-state index is 11.3. The number of rotatable bonds is 2. The van der Waals surface area contributed by atoms with Gasteiger partial charge in [-0.15, -0.1) is 10.2 Å².